The Bertz CT molecular complexity index is 793. The van der Waals surface area contributed by atoms with Gasteiger partial charge in [0.1, 0.15) is 0 Å². The van der Waals surface area contributed by atoms with Gasteiger partial charge in [-0.1, -0.05) is 12.1 Å². The minimum absolute atomic E-state index is 0.578. The van der Waals surface area contributed by atoms with E-state index in [0.717, 1.165) is 16.6 Å². The van der Waals surface area contributed by atoms with Crippen LogP contribution < -0.4 is 14.9 Å². The number of aromatic amines is 1. The zero-order valence-corrected chi connectivity index (χ0v) is 13.0. The molecule has 3 aromatic rings. The number of ether oxygens (including phenoxy) is 2. The number of fused-ring (bicyclic) bond motifs is 1. The molecule has 0 aliphatic rings. The first-order chi connectivity index (χ1) is 11.3. The lowest BCUT2D eigenvalue weighted by atomic mass is 10.2. The fourth-order valence-electron chi connectivity index (χ4n) is 2.22. The number of H-pyrrole nitrogens is 1. The quantitative estimate of drug-likeness (QED) is 0.540. The Morgan fingerprint density at radius 3 is 2.87 bits per heavy atom. The Morgan fingerprint density at radius 2 is 2.09 bits per heavy atom. The molecule has 6 heteroatoms. The molecule has 118 valence electrons. The van der Waals surface area contributed by atoms with Crippen LogP contribution in [-0.4, -0.2) is 29.9 Å². The summed E-state index contributed by atoms with van der Waals surface area (Å²) in [5.41, 5.74) is 5.66. The highest BCUT2D eigenvalue weighted by Crippen LogP contribution is 2.27. The summed E-state index contributed by atoms with van der Waals surface area (Å²) >= 11 is 0. The van der Waals surface area contributed by atoms with E-state index in [0.29, 0.717) is 24.1 Å². The van der Waals surface area contributed by atoms with Gasteiger partial charge in [-0.3, -0.25) is 0 Å². The number of rotatable bonds is 6. The average Bonchev–Trinajstić information content (AvgIpc) is 2.98. The molecule has 2 aromatic carbocycles. The van der Waals surface area contributed by atoms with Crippen LogP contribution in [0.5, 0.6) is 11.5 Å². The van der Waals surface area contributed by atoms with Crippen molar-refractivity contribution < 1.29 is 9.47 Å². The van der Waals surface area contributed by atoms with Gasteiger partial charge >= 0.3 is 0 Å². The minimum atomic E-state index is 0.578. The third-order valence-corrected chi connectivity index (χ3v) is 3.26. The van der Waals surface area contributed by atoms with Gasteiger partial charge in [0.05, 0.1) is 31.0 Å². The van der Waals surface area contributed by atoms with Crippen LogP contribution >= 0.6 is 0 Å². The fraction of sp³-hybridized carbons (Fsp3) is 0.176. The monoisotopic (exact) mass is 310 g/mol. The van der Waals surface area contributed by atoms with E-state index in [1.54, 1.807) is 13.3 Å². The number of methoxy groups -OCH3 is 1. The van der Waals surface area contributed by atoms with Crippen molar-refractivity contribution in [2.75, 3.05) is 19.1 Å². The normalized spacial score (nSPS) is 11.0. The average molecular weight is 310 g/mol. The summed E-state index contributed by atoms with van der Waals surface area (Å²) in [6.45, 7) is 2.51. The molecule has 0 radical (unpaired) electrons. The molecular formula is C17H18N4O2. The van der Waals surface area contributed by atoms with Crippen molar-refractivity contribution in [3.05, 3.63) is 48.0 Å². The third-order valence-electron chi connectivity index (χ3n) is 3.26. The lowest BCUT2D eigenvalue weighted by Gasteiger charge is -2.09. The largest absolute Gasteiger partial charge is 0.493 e. The van der Waals surface area contributed by atoms with Crippen molar-refractivity contribution in [1.29, 1.82) is 0 Å². The number of imidazole rings is 1. The van der Waals surface area contributed by atoms with Crippen LogP contribution in [0.25, 0.3) is 11.0 Å². The summed E-state index contributed by atoms with van der Waals surface area (Å²) in [7, 11) is 1.62. The summed E-state index contributed by atoms with van der Waals surface area (Å²) in [6, 6.07) is 13.5. The summed E-state index contributed by atoms with van der Waals surface area (Å²) in [5.74, 6) is 2.00. The van der Waals surface area contributed by atoms with E-state index in [2.05, 4.69) is 20.5 Å². The third kappa shape index (κ3) is 3.42. The van der Waals surface area contributed by atoms with Gasteiger partial charge in [0.2, 0.25) is 5.95 Å². The second kappa shape index (κ2) is 6.83. The van der Waals surface area contributed by atoms with Gasteiger partial charge in [-0.2, -0.15) is 5.10 Å². The molecule has 1 heterocycles. The van der Waals surface area contributed by atoms with Crippen molar-refractivity contribution >= 4 is 23.2 Å². The highest BCUT2D eigenvalue weighted by Gasteiger charge is 2.04. The predicted molar refractivity (Wildman–Crippen MR) is 91.5 cm³/mol. The van der Waals surface area contributed by atoms with Crippen molar-refractivity contribution in [3.63, 3.8) is 0 Å². The van der Waals surface area contributed by atoms with Crippen molar-refractivity contribution in [1.82, 2.24) is 9.97 Å². The van der Waals surface area contributed by atoms with Gasteiger partial charge in [0.15, 0.2) is 11.5 Å². The van der Waals surface area contributed by atoms with E-state index < -0.39 is 0 Å². The van der Waals surface area contributed by atoms with E-state index in [1.807, 2.05) is 49.4 Å². The van der Waals surface area contributed by atoms with Crippen molar-refractivity contribution in [3.8, 4) is 11.5 Å². The molecule has 0 spiro atoms. The number of aromatic nitrogens is 2. The maximum Gasteiger partial charge on any atom is 0.222 e. The van der Waals surface area contributed by atoms with E-state index in [9.17, 15) is 0 Å². The molecule has 0 saturated heterocycles. The standard InChI is InChI=1S/C17H18N4O2/c1-3-23-16-10-12(8-9-15(16)22-2)11-18-21-17-19-13-6-4-5-7-14(13)20-17/h4-11H,3H2,1-2H3,(H2,19,20,21)/b18-11+. The van der Waals surface area contributed by atoms with Crippen molar-refractivity contribution in [2.45, 2.75) is 6.92 Å². The van der Waals surface area contributed by atoms with E-state index in [-0.39, 0.29) is 0 Å². The molecule has 0 bridgehead atoms. The number of nitrogens with zero attached hydrogens (tertiary/aromatic N) is 2. The summed E-state index contributed by atoms with van der Waals surface area (Å²) in [4.78, 5) is 7.54. The Labute approximate surface area is 134 Å². The van der Waals surface area contributed by atoms with Gasteiger partial charge in [-0.05, 0) is 42.8 Å². The molecule has 0 amide bonds. The number of nitrogens with one attached hydrogen (secondary N) is 2. The summed E-state index contributed by atoms with van der Waals surface area (Å²) < 4.78 is 10.8. The van der Waals surface area contributed by atoms with E-state index in [1.165, 1.54) is 0 Å². The lowest BCUT2D eigenvalue weighted by molar-refractivity contribution is 0.311. The molecule has 0 atom stereocenters. The van der Waals surface area contributed by atoms with Gasteiger partial charge in [-0.15, -0.1) is 0 Å². The van der Waals surface area contributed by atoms with Crippen molar-refractivity contribution in [2.24, 2.45) is 5.10 Å². The number of anilines is 1. The zero-order chi connectivity index (χ0) is 16.1. The molecule has 0 saturated carbocycles. The molecule has 3 rings (SSSR count). The second-order valence-electron chi connectivity index (χ2n) is 4.82. The maximum atomic E-state index is 5.55. The predicted octanol–water partition coefficient (Wildman–Crippen LogP) is 3.42. The second-order valence-corrected chi connectivity index (χ2v) is 4.82. The van der Waals surface area contributed by atoms with Crippen LogP contribution in [0.2, 0.25) is 0 Å². The Hall–Kier alpha value is -3.02. The molecule has 0 unspecified atom stereocenters. The molecule has 1 aromatic heterocycles. The van der Waals surface area contributed by atoms with Crippen LogP contribution in [0.1, 0.15) is 12.5 Å². The lowest BCUT2D eigenvalue weighted by Crippen LogP contribution is -1.97. The highest BCUT2D eigenvalue weighted by molar-refractivity contribution is 5.82. The smallest absolute Gasteiger partial charge is 0.222 e. The fourth-order valence-corrected chi connectivity index (χ4v) is 2.22. The molecular weight excluding hydrogens is 292 g/mol. The topological polar surface area (TPSA) is 71.5 Å². The van der Waals surface area contributed by atoms with Gasteiger partial charge < -0.3 is 14.5 Å². The zero-order valence-electron chi connectivity index (χ0n) is 13.0. The molecule has 23 heavy (non-hydrogen) atoms. The Kier molecular flexibility index (Phi) is 4.42. The molecule has 0 aliphatic carbocycles. The van der Waals surface area contributed by atoms with Crippen LogP contribution in [0.3, 0.4) is 0 Å². The number of hydrogen-bond acceptors (Lipinski definition) is 5. The highest BCUT2D eigenvalue weighted by atomic mass is 16.5. The van der Waals surface area contributed by atoms with Crippen LogP contribution in [0.4, 0.5) is 5.95 Å². The molecule has 2 N–H and O–H groups in total. The first-order valence-electron chi connectivity index (χ1n) is 7.35. The summed E-state index contributed by atoms with van der Waals surface area (Å²) in [5, 5.41) is 4.20. The SMILES string of the molecule is CCOc1cc(/C=N/Nc2nc3ccccc3[nH]2)ccc1OC. The molecule has 6 nitrogen and oxygen atoms in total. The summed E-state index contributed by atoms with van der Waals surface area (Å²) in [6.07, 6.45) is 1.70. The Morgan fingerprint density at radius 1 is 1.22 bits per heavy atom. The van der Waals surface area contributed by atoms with E-state index in [4.69, 9.17) is 9.47 Å². The molecule has 0 fully saturated rings. The minimum Gasteiger partial charge on any atom is -0.493 e. The maximum absolute atomic E-state index is 5.55. The number of benzene rings is 2. The number of hydrazone groups is 1. The van der Waals surface area contributed by atoms with Crippen LogP contribution in [0.15, 0.2) is 47.6 Å². The van der Waals surface area contributed by atoms with Gasteiger partial charge in [0.25, 0.3) is 0 Å². The Balaban J connectivity index is 1.73. The first kappa shape index (κ1) is 14.9. The molecule has 0 aliphatic heterocycles. The van der Waals surface area contributed by atoms with Crippen LogP contribution in [-0.2, 0) is 0 Å². The van der Waals surface area contributed by atoms with Crippen LogP contribution in [0, 0.1) is 0 Å². The van der Waals surface area contributed by atoms with Gasteiger partial charge in [-0.25, -0.2) is 10.4 Å². The number of para-hydroxylation sites is 2. The first-order valence-corrected chi connectivity index (χ1v) is 7.35. The van der Waals surface area contributed by atoms with E-state index >= 15 is 0 Å². The number of hydrogen-bond donors (Lipinski definition) is 2. The van der Waals surface area contributed by atoms with Gasteiger partial charge in [0, 0.05) is 0 Å².